The molecule has 4 nitrogen and oxygen atoms in total. The zero-order valence-electron chi connectivity index (χ0n) is 12.0. The van der Waals surface area contributed by atoms with Crippen molar-refractivity contribution < 1.29 is 13.9 Å². The first-order chi connectivity index (χ1) is 10.1. The Balaban J connectivity index is 1.46. The van der Waals surface area contributed by atoms with E-state index < -0.39 is 5.82 Å². The number of rotatable bonds is 4. The summed E-state index contributed by atoms with van der Waals surface area (Å²) in [5.41, 5.74) is 6.07. The highest BCUT2D eigenvalue weighted by Crippen LogP contribution is 2.37. The molecule has 2 aliphatic rings. The molecule has 1 amide bonds. The molecule has 1 saturated carbocycles. The highest BCUT2D eigenvalue weighted by atomic mass is 19.1. The van der Waals surface area contributed by atoms with Gasteiger partial charge in [-0.2, -0.15) is 0 Å². The number of hydrogen-bond donors (Lipinski definition) is 1. The fourth-order valence-electron chi connectivity index (χ4n) is 3.48. The van der Waals surface area contributed by atoms with E-state index in [0.29, 0.717) is 11.8 Å². The van der Waals surface area contributed by atoms with Crippen LogP contribution < -0.4 is 10.5 Å². The van der Waals surface area contributed by atoms with Gasteiger partial charge in [-0.05, 0) is 36.8 Å². The van der Waals surface area contributed by atoms with Gasteiger partial charge >= 0.3 is 0 Å². The molecule has 0 bridgehead atoms. The van der Waals surface area contributed by atoms with Crippen molar-refractivity contribution in [3.8, 4) is 5.75 Å². The fourth-order valence-corrected chi connectivity index (χ4v) is 3.48. The Morgan fingerprint density at radius 3 is 2.90 bits per heavy atom. The van der Waals surface area contributed by atoms with Crippen LogP contribution in [0.25, 0.3) is 0 Å². The van der Waals surface area contributed by atoms with Gasteiger partial charge in [-0.3, -0.25) is 4.79 Å². The second-order valence-corrected chi connectivity index (χ2v) is 5.99. The second kappa shape index (κ2) is 6.02. The smallest absolute Gasteiger partial charge is 0.226 e. The summed E-state index contributed by atoms with van der Waals surface area (Å²) in [5, 5.41) is 0. The average Bonchev–Trinajstić information content (AvgIpc) is 3.04. The molecule has 0 spiro atoms. The van der Waals surface area contributed by atoms with E-state index in [2.05, 4.69) is 0 Å². The number of carbonyl (C=O) groups excluding carboxylic acids is 1. The molecule has 0 aromatic heterocycles. The van der Waals surface area contributed by atoms with Gasteiger partial charge < -0.3 is 15.4 Å². The summed E-state index contributed by atoms with van der Waals surface area (Å²) in [6, 6.07) is 6.48. The number of likely N-dealkylation sites (tertiary alicyclic amines) is 1. The van der Waals surface area contributed by atoms with Crippen molar-refractivity contribution >= 4 is 5.91 Å². The normalized spacial score (nSPS) is 27.7. The maximum Gasteiger partial charge on any atom is 0.226 e. The van der Waals surface area contributed by atoms with Crippen molar-refractivity contribution in [3.05, 3.63) is 30.1 Å². The number of fused-ring (bicyclic) bond motifs is 1. The molecular formula is C16H21FN2O2. The van der Waals surface area contributed by atoms with Crippen molar-refractivity contribution in [1.82, 2.24) is 4.90 Å². The second-order valence-electron chi connectivity index (χ2n) is 5.99. The van der Waals surface area contributed by atoms with Crippen molar-refractivity contribution in [2.75, 3.05) is 19.7 Å². The van der Waals surface area contributed by atoms with E-state index in [4.69, 9.17) is 10.5 Å². The van der Waals surface area contributed by atoms with Gasteiger partial charge in [0.05, 0.1) is 13.0 Å². The maximum absolute atomic E-state index is 13.4. The van der Waals surface area contributed by atoms with E-state index in [1.165, 1.54) is 6.07 Å². The molecule has 1 aliphatic heterocycles. The predicted molar refractivity (Wildman–Crippen MR) is 77.3 cm³/mol. The molecule has 0 radical (unpaired) electrons. The molecule has 1 aromatic carbocycles. The Morgan fingerprint density at radius 2 is 2.14 bits per heavy atom. The van der Waals surface area contributed by atoms with E-state index in [9.17, 15) is 9.18 Å². The molecule has 1 aromatic rings. The standard InChI is InChI=1S/C16H21FN2O2/c17-13-3-1-2-4-15(13)21-8-7-16(20)19-9-11-5-6-14(18)12(11)10-19/h1-4,11-12,14H,5-10,18H2. The average molecular weight is 292 g/mol. The molecule has 2 N–H and O–H groups in total. The molecule has 3 rings (SSSR count). The van der Waals surface area contributed by atoms with Gasteiger partial charge in [-0.1, -0.05) is 12.1 Å². The first-order valence-electron chi connectivity index (χ1n) is 7.56. The molecule has 114 valence electrons. The Labute approximate surface area is 124 Å². The van der Waals surface area contributed by atoms with Crippen LogP contribution in [-0.2, 0) is 4.79 Å². The number of benzene rings is 1. The third-order valence-corrected chi connectivity index (χ3v) is 4.68. The fraction of sp³-hybridized carbons (Fsp3) is 0.562. The minimum absolute atomic E-state index is 0.0768. The van der Waals surface area contributed by atoms with E-state index in [1.54, 1.807) is 18.2 Å². The number of nitrogens with two attached hydrogens (primary N) is 1. The molecule has 21 heavy (non-hydrogen) atoms. The number of para-hydroxylation sites is 1. The van der Waals surface area contributed by atoms with Crippen LogP contribution in [0.5, 0.6) is 5.75 Å². The molecule has 1 saturated heterocycles. The maximum atomic E-state index is 13.4. The Kier molecular flexibility index (Phi) is 4.10. The monoisotopic (exact) mass is 292 g/mol. The van der Waals surface area contributed by atoms with Crippen molar-refractivity contribution in [3.63, 3.8) is 0 Å². The lowest BCUT2D eigenvalue weighted by Crippen LogP contribution is -2.34. The van der Waals surface area contributed by atoms with Crippen LogP contribution in [0, 0.1) is 17.7 Å². The van der Waals surface area contributed by atoms with E-state index >= 15 is 0 Å². The minimum Gasteiger partial charge on any atom is -0.490 e. The summed E-state index contributed by atoms with van der Waals surface area (Å²) in [4.78, 5) is 14.1. The van der Waals surface area contributed by atoms with Crippen LogP contribution in [0.4, 0.5) is 4.39 Å². The summed E-state index contributed by atoms with van der Waals surface area (Å²) in [7, 11) is 0. The van der Waals surface area contributed by atoms with E-state index in [0.717, 1.165) is 25.9 Å². The van der Waals surface area contributed by atoms with Crippen LogP contribution in [-0.4, -0.2) is 36.5 Å². The Hall–Kier alpha value is -1.62. The SMILES string of the molecule is NC1CCC2CN(C(=O)CCOc3ccccc3F)CC12. The topological polar surface area (TPSA) is 55.6 Å². The van der Waals surface area contributed by atoms with Crippen LogP contribution in [0.1, 0.15) is 19.3 Å². The van der Waals surface area contributed by atoms with Crippen LogP contribution in [0.15, 0.2) is 24.3 Å². The molecule has 1 heterocycles. The Morgan fingerprint density at radius 1 is 1.33 bits per heavy atom. The summed E-state index contributed by atoms with van der Waals surface area (Å²) in [6.07, 6.45) is 2.48. The lowest BCUT2D eigenvalue weighted by atomic mass is 9.98. The summed E-state index contributed by atoms with van der Waals surface area (Å²) >= 11 is 0. The van der Waals surface area contributed by atoms with E-state index in [-0.39, 0.29) is 30.7 Å². The van der Waals surface area contributed by atoms with Crippen molar-refractivity contribution in [1.29, 1.82) is 0 Å². The van der Waals surface area contributed by atoms with Gasteiger partial charge in [-0.25, -0.2) is 4.39 Å². The largest absolute Gasteiger partial charge is 0.490 e. The lowest BCUT2D eigenvalue weighted by molar-refractivity contribution is -0.131. The molecule has 3 atom stereocenters. The van der Waals surface area contributed by atoms with Gasteiger partial charge in [0.1, 0.15) is 0 Å². The van der Waals surface area contributed by atoms with E-state index in [1.807, 2.05) is 4.90 Å². The Bertz CT molecular complexity index is 523. The number of amides is 1. The molecule has 3 unspecified atom stereocenters. The van der Waals surface area contributed by atoms with Gasteiger partial charge in [-0.15, -0.1) is 0 Å². The molecule has 5 heteroatoms. The third kappa shape index (κ3) is 3.02. The third-order valence-electron chi connectivity index (χ3n) is 4.68. The number of carbonyl (C=O) groups is 1. The summed E-state index contributed by atoms with van der Waals surface area (Å²) < 4.78 is 18.7. The van der Waals surface area contributed by atoms with Gasteiger partial charge in [0.2, 0.25) is 5.91 Å². The lowest BCUT2D eigenvalue weighted by Gasteiger charge is -2.19. The number of halogens is 1. The van der Waals surface area contributed by atoms with Crippen LogP contribution in [0.3, 0.4) is 0 Å². The van der Waals surface area contributed by atoms with Gasteiger partial charge in [0.15, 0.2) is 11.6 Å². The van der Waals surface area contributed by atoms with Gasteiger partial charge in [0.25, 0.3) is 0 Å². The zero-order valence-corrected chi connectivity index (χ0v) is 12.0. The highest BCUT2D eigenvalue weighted by Gasteiger charge is 2.42. The first kappa shape index (κ1) is 14.3. The zero-order chi connectivity index (χ0) is 14.8. The quantitative estimate of drug-likeness (QED) is 0.920. The van der Waals surface area contributed by atoms with Crippen LogP contribution >= 0.6 is 0 Å². The summed E-state index contributed by atoms with van der Waals surface area (Å²) in [6.45, 7) is 1.79. The molecule has 2 fully saturated rings. The minimum atomic E-state index is -0.397. The number of hydrogen-bond acceptors (Lipinski definition) is 3. The molecule has 1 aliphatic carbocycles. The summed E-state index contributed by atoms with van der Waals surface area (Å²) in [5.74, 6) is 0.906. The van der Waals surface area contributed by atoms with Gasteiger partial charge in [0, 0.05) is 19.1 Å². The molecular weight excluding hydrogens is 271 g/mol. The van der Waals surface area contributed by atoms with Crippen molar-refractivity contribution in [2.45, 2.75) is 25.3 Å². The number of nitrogens with zero attached hydrogens (tertiary/aromatic N) is 1. The van der Waals surface area contributed by atoms with Crippen LogP contribution in [0.2, 0.25) is 0 Å². The number of ether oxygens (including phenoxy) is 1. The highest BCUT2D eigenvalue weighted by molar-refractivity contribution is 5.76. The first-order valence-corrected chi connectivity index (χ1v) is 7.56. The predicted octanol–water partition coefficient (Wildman–Crippen LogP) is 1.79. The van der Waals surface area contributed by atoms with Crippen molar-refractivity contribution in [2.24, 2.45) is 17.6 Å².